The highest BCUT2D eigenvalue weighted by Gasteiger charge is 2.28. The van der Waals surface area contributed by atoms with Gasteiger partial charge in [0.2, 0.25) is 11.8 Å². The highest BCUT2D eigenvalue weighted by atomic mass is 35.5. The van der Waals surface area contributed by atoms with Crippen LogP contribution in [0.5, 0.6) is 0 Å². The number of hydrogen-bond donors (Lipinski definition) is 3. The van der Waals surface area contributed by atoms with Crippen molar-refractivity contribution in [2.45, 2.75) is 32.2 Å². The fraction of sp³-hybridized carbons (Fsp3) is 0.429. The van der Waals surface area contributed by atoms with Crippen molar-refractivity contribution in [1.29, 1.82) is 0 Å². The van der Waals surface area contributed by atoms with Crippen LogP contribution in [-0.2, 0) is 9.59 Å². The predicted octanol–water partition coefficient (Wildman–Crippen LogP) is 2.27. The molecule has 0 bridgehead atoms. The van der Waals surface area contributed by atoms with Crippen molar-refractivity contribution < 1.29 is 14.0 Å². The molecule has 2 amide bonds. The second-order valence-corrected chi connectivity index (χ2v) is 5.14. The summed E-state index contributed by atoms with van der Waals surface area (Å²) in [6.45, 7) is 1.36. The summed E-state index contributed by atoms with van der Waals surface area (Å²) >= 11 is 0. The van der Waals surface area contributed by atoms with Crippen LogP contribution < -0.4 is 16.4 Å². The van der Waals surface area contributed by atoms with Crippen molar-refractivity contribution >= 4 is 35.6 Å². The van der Waals surface area contributed by atoms with Crippen LogP contribution in [0, 0.1) is 11.7 Å². The molecule has 1 fully saturated rings. The second-order valence-electron chi connectivity index (χ2n) is 5.14. The van der Waals surface area contributed by atoms with Gasteiger partial charge in [0, 0.05) is 24.6 Å². The fourth-order valence-electron chi connectivity index (χ4n) is 2.39. The molecule has 0 radical (unpaired) electrons. The maximum atomic E-state index is 13.7. The van der Waals surface area contributed by atoms with Crippen molar-refractivity contribution in [3.63, 3.8) is 0 Å². The SMILES string of the molecule is CC(=O)Nc1ccc(F)c(NC(=O)C2CCC(N)C2)c1.Cl. The van der Waals surface area contributed by atoms with E-state index in [4.69, 9.17) is 5.73 Å². The smallest absolute Gasteiger partial charge is 0.227 e. The minimum Gasteiger partial charge on any atom is -0.328 e. The molecule has 1 saturated carbocycles. The van der Waals surface area contributed by atoms with E-state index in [2.05, 4.69) is 10.6 Å². The molecule has 0 saturated heterocycles. The lowest BCUT2D eigenvalue weighted by Gasteiger charge is -2.12. The molecular formula is C14H19ClFN3O2. The number of benzene rings is 1. The largest absolute Gasteiger partial charge is 0.328 e. The summed E-state index contributed by atoms with van der Waals surface area (Å²) in [5, 5.41) is 5.11. The van der Waals surface area contributed by atoms with E-state index in [1.54, 1.807) is 0 Å². The first-order valence-electron chi connectivity index (χ1n) is 6.59. The van der Waals surface area contributed by atoms with Crippen molar-refractivity contribution in [3.05, 3.63) is 24.0 Å². The molecule has 1 aliphatic rings. The molecule has 0 heterocycles. The van der Waals surface area contributed by atoms with E-state index in [-0.39, 0.29) is 41.9 Å². The van der Waals surface area contributed by atoms with E-state index in [0.29, 0.717) is 12.1 Å². The summed E-state index contributed by atoms with van der Waals surface area (Å²) in [5.74, 6) is -1.18. The molecule has 4 N–H and O–H groups in total. The van der Waals surface area contributed by atoms with Gasteiger partial charge in [0.05, 0.1) is 5.69 Å². The van der Waals surface area contributed by atoms with Crippen LogP contribution in [0.4, 0.5) is 15.8 Å². The number of anilines is 2. The van der Waals surface area contributed by atoms with Gasteiger partial charge >= 0.3 is 0 Å². The van der Waals surface area contributed by atoms with Gasteiger partial charge in [0.15, 0.2) is 0 Å². The number of nitrogens with two attached hydrogens (primary N) is 1. The predicted molar refractivity (Wildman–Crippen MR) is 81.9 cm³/mol. The van der Waals surface area contributed by atoms with E-state index >= 15 is 0 Å². The van der Waals surface area contributed by atoms with Gasteiger partial charge in [-0.2, -0.15) is 0 Å². The lowest BCUT2D eigenvalue weighted by Crippen LogP contribution is -2.23. The van der Waals surface area contributed by atoms with E-state index in [0.717, 1.165) is 12.8 Å². The van der Waals surface area contributed by atoms with Crippen molar-refractivity contribution in [3.8, 4) is 0 Å². The van der Waals surface area contributed by atoms with E-state index < -0.39 is 5.82 Å². The van der Waals surface area contributed by atoms with Crippen molar-refractivity contribution in [1.82, 2.24) is 0 Å². The summed E-state index contributed by atoms with van der Waals surface area (Å²) in [7, 11) is 0. The number of nitrogens with one attached hydrogen (secondary N) is 2. The molecular weight excluding hydrogens is 297 g/mol. The zero-order valence-electron chi connectivity index (χ0n) is 11.7. The first-order chi connectivity index (χ1) is 9.45. The first-order valence-corrected chi connectivity index (χ1v) is 6.59. The highest BCUT2D eigenvalue weighted by molar-refractivity contribution is 5.94. The number of carbonyl (C=O) groups excluding carboxylic acids is 2. The van der Waals surface area contributed by atoms with Gasteiger partial charge in [-0.15, -0.1) is 12.4 Å². The zero-order chi connectivity index (χ0) is 14.7. The summed E-state index contributed by atoms with van der Waals surface area (Å²) in [6, 6.07) is 4.10. The number of halogens is 2. The van der Waals surface area contributed by atoms with Crippen molar-refractivity contribution in [2.75, 3.05) is 10.6 Å². The molecule has 0 aliphatic heterocycles. The summed E-state index contributed by atoms with van der Waals surface area (Å²) in [5.41, 5.74) is 6.28. The standard InChI is InChI=1S/C14H18FN3O2.ClH/c1-8(19)17-11-4-5-12(15)13(7-11)18-14(20)9-2-3-10(16)6-9;/h4-5,7,9-10H,2-3,6,16H2,1H3,(H,17,19)(H,18,20);1H. The maximum absolute atomic E-state index is 13.7. The van der Waals surface area contributed by atoms with Crippen molar-refractivity contribution in [2.24, 2.45) is 11.7 Å². The van der Waals surface area contributed by atoms with Gasteiger partial charge in [-0.3, -0.25) is 9.59 Å². The molecule has 116 valence electrons. The Morgan fingerprint density at radius 1 is 1.29 bits per heavy atom. The van der Waals surface area contributed by atoms with Gasteiger partial charge < -0.3 is 16.4 Å². The number of carbonyl (C=O) groups is 2. The lowest BCUT2D eigenvalue weighted by molar-refractivity contribution is -0.119. The Kier molecular flexibility index (Phi) is 6.11. The van der Waals surface area contributed by atoms with Gasteiger partial charge in [-0.25, -0.2) is 4.39 Å². The summed E-state index contributed by atoms with van der Waals surface area (Å²) in [6.07, 6.45) is 2.16. The third-order valence-corrected chi connectivity index (χ3v) is 3.39. The maximum Gasteiger partial charge on any atom is 0.227 e. The van der Waals surface area contributed by atoms with Crippen LogP contribution in [0.1, 0.15) is 26.2 Å². The van der Waals surface area contributed by atoms with Crippen LogP contribution in [0.15, 0.2) is 18.2 Å². The van der Waals surface area contributed by atoms with Crippen LogP contribution in [0.2, 0.25) is 0 Å². The number of hydrogen-bond acceptors (Lipinski definition) is 3. The second kappa shape index (κ2) is 7.38. The molecule has 2 unspecified atom stereocenters. The Morgan fingerprint density at radius 3 is 2.57 bits per heavy atom. The van der Waals surface area contributed by atoms with Crippen LogP contribution >= 0.6 is 12.4 Å². The van der Waals surface area contributed by atoms with E-state index in [9.17, 15) is 14.0 Å². The number of amides is 2. The molecule has 7 heteroatoms. The Bertz CT molecular complexity index is 539. The monoisotopic (exact) mass is 315 g/mol. The zero-order valence-corrected chi connectivity index (χ0v) is 12.5. The van der Waals surface area contributed by atoms with E-state index in [1.165, 1.54) is 25.1 Å². The summed E-state index contributed by atoms with van der Waals surface area (Å²) < 4.78 is 13.7. The Labute approximate surface area is 128 Å². The minimum absolute atomic E-state index is 0. The quantitative estimate of drug-likeness (QED) is 0.800. The molecule has 1 aromatic rings. The third kappa shape index (κ3) is 4.68. The van der Waals surface area contributed by atoms with Gasteiger partial charge in [0.25, 0.3) is 0 Å². The molecule has 2 atom stereocenters. The van der Waals surface area contributed by atoms with Crippen LogP contribution in [-0.4, -0.2) is 17.9 Å². The average molecular weight is 316 g/mol. The molecule has 2 rings (SSSR count). The molecule has 0 aromatic heterocycles. The van der Waals surface area contributed by atoms with Gasteiger partial charge in [-0.05, 0) is 37.5 Å². The van der Waals surface area contributed by atoms with E-state index in [1.807, 2.05) is 0 Å². The van der Waals surface area contributed by atoms with Crippen LogP contribution in [0.3, 0.4) is 0 Å². The van der Waals surface area contributed by atoms with Gasteiger partial charge in [0.1, 0.15) is 5.82 Å². The normalized spacial score (nSPS) is 20.5. The highest BCUT2D eigenvalue weighted by Crippen LogP contribution is 2.27. The molecule has 1 aliphatic carbocycles. The lowest BCUT2D eigenvalue weighted by atomic mass is 10.1. The summed E-state index contributed by atoms with van der Waals surface area (Å²) in [4.78, 5) is 23.0. The Balaban J connectivity index is 0.00000220. The Hall–Kier alpha value is -1.66. The topological polar surface area (TPSA) is 84.2 Å². The average Bonchev–Trinajstić information content (AvgIpc) is 2.79. The minimum atomic E-state index is -0.533. The Morgan fingerprint density at radius 2 is 2.00 bits per heavy atom. The molecule has 1 aromatic carbocycles. The van der Waals surface area contributed by atoms with Crippen LogP contribution in [0.25, 0.3) is 0 Å². The van der Waals surface area contributed by atoms with Gasteiger partial charge in [-0.1, -0.05) is 0 Å². The first kappa shape index (κ1) is 17.4. The molecule has 5 nitrogen and oxygen atoms in total. The molecule has 0 spiro atoms. The number of rotatable bonds is 3. The fourth-order valence-corrected chi connectivity index (χ4v) is 2.39. The molecule has 21 heavy (non-hydrogen) atoms. The third-order valence-electron chi connectivity index (χ3n) is 3.39.